The first-order valence-corrected chi connectivity index (χ1v) is 6.13. The van der Waals surface area contributed by atoms with E-state index in [2.05, 4.69) is 15.6 Å². The largest absolute Gasteiger partial charge is 0.355 e. The fourth-order valence-corrected chi connectivity index (χ4v) is 1.80. The smallest absolute Gasteiger partial charge is 0.273 e. The Morgan fingerprint density at radius 1 is 1.25 bits per heavy atom. The van der Waals surface area contributed by atoms with Gasteiger partial charge >= 0.3 is 0 Å². The molecular weight excluding hydrogens is 256 g/mol. The lowest BCUT2D eigenvalue weighted by Crippen LogP contribution is -2.19. The van der Waals surface area contributed by atoms with Gasteiger partial charge in [0, 0.05) is 25.3 Å². The number of carbonyl (C=O) groups is 2. The standard InChI is InChI=1S/C14H16N4O2/c1-9-4-5-10(13(19)15-2)6-11(9)17-14(20)12-7-16-8-18(12)3/h4-8H,1-3H3,(H,15,19)(H,17,20). The number of nitrogens with zero attached hydrogens (tertiary/aromatic N) is 2. The summed E-state index contributed by atoms with van der Waals surface area (Å²) in [4.78, 5) is 27.6. The molecule has 0 unspecified atom stereocenters. The minimum Gasteiger partial charge on any atom is -0.355 e. The molecule has 0 aliphatic carbocycles. The number of hydrogen-bond acceptors (Lipinski definition) is 3. The van der Waals surface area contributed by atoms with Crippen LogP contribution in [-0.4, -0.2) is 28.4 Å². The van der Waals surface area contributed by atoms with Crippen LogP contribution in [0, 0.1) is 6.92 Å². The van der Waals surface area contributed by atoms with Crippen LogP contribution in [0.2, 0.25) is 0 Å². The molecule has 0 radical (unpaired) electrons. The van der Waals surface area contributed by atoms with Gasteiger partial charge in [-0.2, -0.15) is 0 Å². The Morgan fingerprint density at radius 3 is 2.60 bits per heavy atom. The average Bonchev–Trinajstić information content (AvgIpc) is 2.86. The van der Waals surface area contributed by atoms with E-state index in [-0.39, 0.29) is 11.8 Å². The van der Waals surface area contributed by atoms with Gasteiger partial charge in [-0.05, 0) is 24.6 Å². The molecule has 0 aliphatic heterocycles. The van der Waals surface area contributed by atoms with Crippen molar-refractivity contribution in [1.29, 1.82) is 0 Å². The van der Waals surface area contributed by atoms with Crippen molar-refractivity contribution in [2.45, 2.75) is 6.92 Å². The summed E-state index contributed by atoms with van der Waals surface area (Å²) in [5.74, 6) is -0.455. The van der Waals surface area contributed by atoms with E-state index >= 15 is 0 Å². The molecule has 2 aromatic rings. The Bertz CT molecular complexity index is 661. The minimum atomic E-state index is -0.262. The summed E-state index contributed by atoms with van der Waals surface area (Å²) in [5.41, 5.74) is 2.44. The van der Waals surface area contributed by atoms with Crippen LogP contribution in [-0.2, 0) is 7.05 Å². The fourth-order valence-electron chi connectivity index (χ4n) is 1.80. The van der Waals surface area contributed by atoms with Gasteiger partial charge in [-0.3, -0.25) is 9.59 Å². The molecule has 104 valence electrons. The molecule has 2 rings (SSSR count). The number of nitrogens with one attached hydrogen (secondary N) is 2. The summed E-state index contributed by atoms with van der Waals surface area (Å²) in [6.07, 6.45) is 3.05. The first-order chi connectivity index (χ1) is 9.52. The lowest BCUT2D eigenvalue weighted by molar-refractivity contribution is 0.0961. The second kappa shape index (κ2) is 5.56. The third-order valence-electron chi connectivity index (χ3n) is 3.02. The lowest BCUT2D eigenvalue weighted by Gasteiger charge is -2.10. The molecular formula is C14H16N4O2. The molecule has 0 bridgehead atoms. The lowest BCUT2D eigenvalue weighted by atomic mass is 10.1. The van der Waals surface area contributed by atoms with Gasteiger partial charge in [0.15, 0.2) is 0 Å². The third-order valence-corrected chi connectivity index (χ3v) is 3.02. The van der Waals surface area contributed by atoms with Crippen molar-refractivity contribution in [2.75, 3.05) is 12.4 Å². The molecule has 1 aromatic carbocycles. The Labute approximate surface area is 116 Å². The number of aromatic nitrogens is 2. The van der Waals surface area contributed by atoms with E-state index in [9.17, 15) is 9.59 Å². The van der Waals surface area contributed by atoms with E-state index in [0.717, 1.165) is 5.56 Å². The van der Waals surface area contributed by atoms with Gasteiger partial charge in [-0.25, -0.2) is 4.98 Å². The highest BCUT2D eigenvalue weighted by Gasteiger charge is 2.13. The normalized spacial score (nSPS) is 10.2. The zero-order valence-corrected chi connectivity index (χ0v) is 11.6. The monoisotopic (exact) mass is 272 g/mol. The molecule has 1 aromatic heterocycles. The predicted octanol–water partition coefficient (Wildman–Crippen LogP) is 1.34. The van der Waals surface area contributed by atoms with Crippen LogP contribution >= 0.6 is 0 Å². The van der Waals surface area contributed by atoms with Crippen molar-refractivity contribution in [2.24, 2.45) is 7.05 Å². The molecule has 0 atom stereocenters. The fraction of sp³-hybridized carbons (Fsp3) is 0.214. The first-order valence-electron chi connectivity index (χ1n) is 6.13. The van der Waals surface area contributed by atoms with Crippen LogP contribution in [0.15, 0.2) is 30.7 Å². The number of benzene rings is 1. The van der Waals surface area contributed by atoms with Crippen LogP contribution in [0.4, 0.5) is 5.69 Å². The van der Waals surface area contributed by atoms with Gasteiger partial charge in [0.25, 0.3) is 11.8 Å². The zero-order chi connectivity index (χ0) is 14.7. The van der Waals surface area contributed by atoms with Gasteiger partial charge in [0.05, 0.1) is 12.5 Å². The van der Waals surface area contributed by atoms with Gasteiger partial charge in [-0.1, -0.05) is 6.07 Å². The molecule has 2 amide bonds. The first kappa shape index (κ1) is 13.8. The maximum Gasteiger partial charge on any atom is 0.273 e. The predicted molar refractivity (Wildman–Crippen MR) is 75.7 cm³/mol. The quantitative estimate of drug-likeness (QED) is 0.885. The Morgan fingerprint density at radius 2 is 2.00 bits per heavy atom. The number of hydrogen-bond donors (Lipinski definition) is 2. The van der Waals surface area contributed by atoms with Gasteiger partial charge < -0.3 is 15.2 Å². The molecule has 2 N–H and O–H groups in total. The Balaban J connectivity index is 2.27. The molecule has 0 aliphatic rings. The van der Waals surface area contributed by atoms with E-state index in [1.807, 2.05) is 6.92 Å². The topological polar surface area (TPSA) is 76.0 Å². The van der Waals surface area contributed by atoms with Gasteiger partial charge in [-0.15, -0.1) is 0 Å². The summed E-state index contributed by atoms with van der Waals surface area (Å²) in [6.45, 7) is 1.87. The maximum absolute atomic E-state index is 12.1. The third kappa shape index (κ3) is 2.69. The second-order valence-electron chi connectivity index (χ2n) is 4.45. The number of rotatable bonds is 3. The number of amides is 2. The van der Waals surface area contributed by atoms with Crippen LogP contribution < -0.4 is 10.6 Å². The van der Waals surface area contributed by atoms with Gasteiger partial charge in [0.1, 0.15) is 5.69 Å². The maximum atomic E-state index is 12.1. The second-order valence-corrected chi connectivity index (χ2v) is 4.45. The summed E-state index contributed by atoms with van der Waals surface area (Å²) in [6, 6.07) is 5.17. The van der Waals surface area contributed by atoms with Crippen molar-refractivity contribution < 1.29 is 9.59 Å². The molecule has 6 heteroatoms. The van der Waals surface area contributed by atoms with E-state index in [1.54, 1.807) is 43.2 Å². The molecule has 0 fully saturated rings. The van der Waals surface area contributed by atoms with E-state index < -0.39 is 0 Å². The number of aryl methyl sites for hydroxylation is 2. The molecule has 6 nitrogen and oxygen atoms in total. The summed E-state index contributed by atoms with van der Waals surface area (Å²) in [7, 11) is 3.31. The van der Waals surface area contributed by atoms with E-state index in [1.165, 1.54) is 6.20 Å². The highest BCUT2D eigenvalue weighted by atomic mass is 16.2. The Kier molecular flexibility index (Phi) is 3.84. The summed E-state index contributed by atoms with van der Waals surface area (Å²) < 4.78 is 1.63. The molecule has 0 saturated heterocycles. The minimum absolute atomic E-state index is 0.193. The molecule has 0 saturated carbocycles. The van der Waals surface area contributed by atoms with Crippen LogP contribution in [0.5, 0.6) is 0 Å². The van der Waals surface area contributed by atoms with Crippen molar-refractivity contribution >= 4 is 17.5 Å². The number of carbonyl (C=O) groups excluding carboxylic acids is 2. The van der Waals surface area contributed by atoms with Crippen molar-refractivity contribution in [1.82, 2.24) is 14.9 Å². The van der Waals surface area contributed by atoms with Crippen molar-refractivity contribution in [3.8, 4) is 0 Å². The highest BCUT2D eigenvalue weighted by Crippen LogP contribution is 2.18. The molecule has 0 spiro atoms. The summed E-state index contributed by atoms with van der Waals surface area (Å²) >= 11 is 0. The zero-order valence-electron chi connectivity index (χ0n) is 11.6. The van der Waals surface area contributed by atoms with Crippen molar-refractivity contribution in [3.63, 3.8) is 0 Å². The van der Waals surface area contributed by atoms with Crippen LogP contribution in [0.3, 0.4) is 0 Å². The SMILES string of the molecule is CNC(=O)c1ccc(C)c(NC(=O)c2cncn2C)c1. The van der Waals surface area contributed by atoms with Crippen molar-refractivity contribution in [3.05, 3.63) is 47.5 Å². The van der Waals surface area contributed by atoms with Gasteiger partial charge in [0.2, 0.25) is 0 Å². The van der Waals surface area contributed by atoms with Crippen LogP contribution in [0.25, 0.3) is 0 Å². The van der Waals surface area contributed by atoms with E-state index in [4.69, 9.17) is 0 Å². The number of imidazole rings is 1. The molecule has 1 heterocycles. The van der Waals surface area contributed by atoms with E-state index in [0.29, 0.717) is 16.9 Å². The number of anilines is 1. The Hall–Kier alpha value is -2.63. The molecule has 20 heavy (non-hydrogen) atoms. The summed E-state index contributed by atoms with van der Waals surface area (Å²) in [5, 5.41) is 5.35. The van der Waals surface area contributed by atoms with Crippen LogP contribution in [0.1, 0.15) is 26.4 Å². The highest BCUT2D eigenvalue weighted by molar-refractivity contribution is 6.04. The average molecular weight is 272 g/mol.